The van der Waals surface area contributed by atoms with E-state index in [0.717, 1.165) is 30.5 Å². The SMILES string of the molecule is Cc1c(O)ccc2c(CN3CCC(CO)C3)cc(=O)oc12. The molecule has 1 unspecified atom stereocenters. The predicted octanol–water partition coefficient (Wildman–Crippen LogP) is 1.62. The average molecular weight is 289 g/mol. The molecule has 0 bridgehead atoms. The van der Waals surface area contributed by atoms with E-state index in [0.29, 0.717) is 23.6 Å². The van der Waals surface area contributed by atoms with Gasteiger partial charge < -0.3 is 14.6 Å². The number of hydrogen-bond donors (Lipinski definition) is 2. The van der Waals surface area contributed by atoms with Gasteiger partial charge in [-0.05, 0) is 43.5 Å². The van der Waals surface area contributed by atoms with Gasteiger partial charge in [0.05, 0.1) is 0 Å². The van der Waals surface area contributed by atoms with Crippen molar-refractivity contribution in [1.82, 2.24) is 4.90 Å². The third-order valence-electron chi connectivity index (χ3n) is 4.24. The molecule has 1 aliphatic rings. The minimum absolute atomic E-state index is 0.129. The molecule has 21 heavy (non-hydrogen) atoms. The molecule has 0 amide bonds. The third kappa shape index (κ3) is 2.66. The van der Waals surface area contributed by atoms with Gasteiger partial charge in [0, 0.05) is 36.7 Å². The van der Waals surface area contributed by atoms with Crippen molar-refractivity contribution in [2.75, 3.05) is 19.7 Å². The summed E-state index contributed by atoms with van der Waals surface area (Å²) in [6.45, 7) is 4.37. The highest BCUT2D eigenvalue weighted by Crippen LogP contribution is 2.28. The van der Waals surface area contributed by atoms with Crippen molar-refractivity contribution in [2.45, 2.75) is 19.9 Å². The molecule has 3 rings (SSSR count). The monoisotopic (exact) mass is 289 g/mol. The number of phenols is 1. The second kappa shape index (κ2) is 5.50. The number of aliphatic hydroxyl groups excluding tert-OH is 1. The van der Waals surface area contributed by atoms with Crippen molar-refractivity contribution < 1.29 is 14.6 Å². The first-order chi connectivity index (χ1) is 10.1. The number of aromatic hydroxyl groups is 1. The summed E-state index contributed by atoms with van der Waals surface area (Å²) in [5.74, 6) is 0.450. The van der Waals surface area contributed by atoms with Crippen LogP contribution in [-0.2, 0) is 6.54 Å². The second-order valence-electron chi connectivity index (χ2n) is 5.75. The Morgan fingerprint density at radius 1 is 1.43 bits per heavy atom. The molecule has 1 saturated heterocycles. The molecule has 1 aromatic heterocycles. The Morgan fingerprint density at radius 2 is 2.24 bits per heavy atom. The predicted molar refractivity (Wildman–Crippen MR) is 79.4 cm³/mol. The Hall–Kier alpha value is -1.85. The van der Waals surface area contributed by atoms with E-state index in [1.807, 2.05) is 0 Å². The van der Waals surface area contributed by atoms with Gasteiger partial charge in [0.25, 0.3) is 0 Å². The van der Waals surface area contributed by atoms with Gasteiger partial charge in [-0.3, -0.25) is 4.90 Å². The van der Waals surface area contributed by atoms with E-state index in [4.69, 9.17) is 4.42 Å². The standard InChI is InChI=1S/C16H19NO4/c1-10-14(19)3-2-13-12(6-15(20)21-16(10)13)8-17-5-4-11(7-17)9-18/h2-3,6,11,18-19H,4-5,7-9H2,1H3. The fraction of sp³-hybridized carbons (Fsp3) is 0.438. The van der Waals surface area contributed by atoms with Crippen LogP contribution in [0, 0.1) is 12.8 Å². The van der Waals surface area contributed by atoms with Gasteiger partial charge >= 0.3 is 5.63 Å². The summed E-state index contributed by atoms with van der Waals surface area (Å²) in [4.78, 5) is 14.0. The minimum Gasteiger partial charge on any atom is -0.508 e. The molecule has 1 aromatic carbocycles. The first kappa shape index (κ1) is 14.1. The van der Waals surface area contributed by atoms with Crippen LogP contribution in [-0.4, -0.2) is 34.8 Å². The fourth-order valence-electron chi connectivity index (χ4n) is 2.99. The Balaban J connectivity index is 1.99. The first-order valence-corrected chi connectivity index (χ1v) is 7.17. The zero-order valence-corrected chi connectivity index (χ0v) is 12.0. The van der Waals surface area contributed by atoms with Crippen LogP contribution in [0.3, 0.4) is 0 Å². The molecule has 0 spiro atoms. The Bertz CT molecular complexity index is 722. The number of likely N-dealkylation sites (tertiary alicyclic amines) is 1. The molecular weight excluding hydrogens is 270 g/mol. The first-order valence-electron chi connectivity index (χ1n) is 7.17. The molecular formula is C16H19NO4. The number of benzene rings is 1. The zero-order valence-electron chi connectivity index (χ0n) is 12.0. The maximum absolute atomic E-state index is 11.8. The van der Waals surface area contributed by atoms with Crippen LogP contribution in [0.5, 0.6) is 5.75 Å². The number of rotatable bonds is 3. The lowest BCUT2D eigenvalue weighted by molar-refractivity contribution is 0.220. The summed E-state index contributed by atoms with van der Waals surface area (Å²) >= 11 is 0. The molecule has 112 valence electrons. The van der Waals surface area contributed by atoms with E-state index >= 15 is 0 Å². The van der Waals surface area contributed by atoms with Gasteiger partial charge in [0.15, 0.2) is 0 Å². The Kier molecular flexibility index (Phi) is 3.69. The highest BCUT2D eigenvalue weighted by atomic mass is 16.4. The average Bonchev–Trinajstić information content (AvgIpc) is 2.91. The Morgan fingerprint density at radius 3 is 2.95 bits per heavy atom. The van der Waals surface area contributed by atoms with Crippen LogP contribution in [0.1, 0.15) is 17.5 Å². The third-order valence-corrected chi connectivity index (χ3v) is 4.24. The van der Waals surface area contributed by atoms with E-state index < -0.39 is 5.63 Å². The minimum atomic E-state index is -0.399. The summed E-state index contributed by atoms with van der Waals surface area (Å²) in [6, 6.07) is 4.93. The van der Waals surface area contributed by atoms with Gasteiger partial charge in [-0.15, -0.1) is 0 Å². The number of aryl methyl sites for hydroxylation is 1. The maximum atomic E-state index is 11.8. The van der Waals surface area contributed by atoms with Crippen molar-refractivity contribution in [3.8, 4) is 5.75 Å². The Labute approximate surface area is 122 Å². The summed E-state index contributed by atoms with van der Waals surface area (Å²) < 4.78 is 5.25. The molecule has 0 radical (unpaired) electrons. The molecule has 2 heterocycles. The van der Waals surface area contributed by atoms with Gasteiger partial charge in [-0.2, -0.15) is 0 Å². The maximum Gasteiger partial charge on any atom is 0.336 e. The molecule has 0 aliphatic carbocycles. The molecule has 1 atom stereocenters. The van der Waals surface area contributed by atoms with Crippen molar-refractivity contribution in [3.63, 3.8) is 0 Å². The van der Waals surface area contributed by atoms with Crippen molar-refractivity contribution in [3.05, 3.63) is 39.7 Å². The largest absolute Gasteiger partial charge is 0.508 e. The van der Waals surface area contributed by atoms with Crippen molar-refractivity contribution >= 4 is 11.0 Å². The van der Waals surface area contributed by atoms with Gasteiger partial charge in [-0.1, -0.05) is 0 Å². The summed E-state index contributed by atoms with van der Waals surface area (Å²) in [6.07, 6.45) is 0.982. The molecule has 5 heteroatoms. The quantitative estimate of drug-likeness (QED) is 0.840. The van der Waals surface area contributed by atoms with Crippen LogP contribution in [0.25, 0.3) is 11.0 Å². The van der Waals surface area contributed by atoms with Crippen LogP contribution in [0.4, 0.5) is 0 Å². The molecule has 5 nitrogen and oxygen atoms in total. The van der Waals surface area contributed by atoms with Crippen LogP contribution in [0.15, 0.2) is 27.4 Å². The lowest BCUT2D eigenvalue weighted by Gasteiger charge is -2.17. The number of nitrogens with zero attached hydrogens (tertiary/aromatic N) is 1. The summed E-state index contributed by atoms with van der Waals surface area (Å²) in [7, 11) is 0. The molecule has 1 aliphatic heterocycles. The van der Waals surface area contributed by atoms with Crippen LogP contribution >= 0.6 is 0 Å². The molecule has 2 N–H and O–H groups in total. The number of hydrogen-bond acceptors (Lipinski definition) is 5. The topological polar surface area (TPSA) is 73.9 Å². The fourth-order valence-corrected chi connectivity index (χ4v) is 2.99. The number of aliphatic hydroxyl groups is 1. The molecule has 2 aromatic rings. The van der Waals surface area contributed by atoms with Crippen molar-refractivity contribution in [2.24, 2.45) is 5.92 Å². The second-order valence-corrected chi connectivity index (χ2v) is 5.75. The number of phenolic OH excluding ortho intramolecular Hbond substituents is 1. The molecule has 1 fully saturated rings. The van der Waals surface area contributed by atoms with E-state index in [-0.39, 0.29) is 12.4 Å². The number of fused-ring (bicyclic) bond motifs is 1. The van der Waals surface area contributed by atoms with E-state index in [1.54, 1.807) is 19.1 Å². The lowest BCUT2D eigenvalue weighted by atomic mass is 10.1. The van der Waals surface area contributed by atoms with Crippen LogP contribution < -0.4 is 5.63 Å². The summed E-state index contributed by atoms with van der Waals surface area (Å²) in [5.41, 5.74) is 1.54. The van der Waals surface area contributed by atoms with E-state index in [2.05, 4.69) is 4.90 Å². The van der Waals surface area contributed by atoms with Crippen LogP contribution in [0.2, 0.25) is 0 Å². The zero-order chi connectivity index (χ0) is 15.0. The van der Waals surface area contributed by atoms with Gasteiger partial charge in [0.2, 0.25) is 0 Å². The van der Waals surface area contributed by atoms with Crippen molar-refractivity contribution in [1.29, 1.82) is 0 Å². The molecule has 0 saturated carbocycles. The smallest absolute Gasteiger partial charge is 0.336 e. The van der Waals surface area contributed by atoms with E-state index in [9.17, 15) is 15.0 Å². The normalized spacial score (nSPS) is 19.4. The highest BCUT2D eigenvalue weighted by molar-refractivity contribution is 5.84. The van der Waals surface area contributed by atoms with E-state index in [1.165, 1.54) is 6.07 Å². The lowest BCUT2D eigenvalue weighted by Crippen LogP contribution is -2.22. The van der Waals surface area contributed by atoms with Gasteiger partial charge in [-0.25, -0.2) is 4.79 Å². The van der Waals surface area contributed by atoms with Gasteiger partial charge in [0.1, 0.15) is 11.3 Å². The highest BCUT2D eigenvalue weighted by Gasteiger charge is 2.22. The summed E-state index contributed by atoms with van der Waals surface area (Å²) in [5, 5.41) is 19.8.